The molecular formula is C27H27F3N4O3. The molecule has 7 nitrogen and oxygen atoms in total. The number of aryl methyl sites for hydroxylation is 1. The van der Waals surface area contributed by atoms with Crippen LogP contribution in [-0.2, 0) is 19.1 Å². The van der Waals surface area contributed by atoms with Gasteiger partial charge in [0.25, 0.3) is 11.8 Å². The highest BCUT2D eigenvalue weighted by atomic mass is 19.4. The molecule has 0 aliphatic carbocycles. The highest BCUT2D eigenvalue weighted by Crippen LogP contribution is 2.40. The van der Waals surface area contributed by atoms with Crippen molar-refractivity contribution < 1.29 is 27.9 Å². The summed E-state index contributed by atoms with van der Waals surface area (Å²) >= 11 is 0. The van der Waals surface area contributed by atoms with Crippen molar-refractivity contribution in [3.05, 3.63) is 81.7 Å². The van der Waals surface area contributed by atoms with E-state index in [1.807, 2.05) is 32.2 Å². The largest absolute Gasteiger partial charge is 0.416 e. The first kappa shape index (κ1) is 25.0. The first-order valence-corrected chi connectivity index (χ1v) is 12.2. The van der Waals surface area contributed by atoms with Gasteiger partial charge >= 0.3 is 6.18 Å². The monoisotopic (exact) mass is 512 g/mol. The molecule has 2 atom stereocenters. The number of benzene rings is 2. The number of aliphatic hydroxyl groups is 1. The van der Waals surface area contributed by atoms with Gasteiger partial charge in [-0.05, 0) is 66.6 Å². The van der Waals surface area contributed by atoms with Crippen LogP contribution in [0.2, 0.25) is 0 Å². The molecule has 0 spiro atoms. The highest BCUT2D eigenvalue weighted by molar-refractivity contribution is 6.11. The number of anilines is 1. The maximum Gasteiger partial charge on any atom is 0.416 e. The fourth-order valence-electron chi connectivity index (χ4n) is 5.09. The smallest absolute Gasteiger partial charge is 0.391 e. The van der Waals surface area contributed by atoms with Crippen LogP contribution in [0.25, 0.3) is 0 Å². The fourth-order valence-corrected chi connectivity index (χ4v) is 5.09. The first-order chi connectivity index (χ1) is 17.5. The average molecular weight is 513 g/mol. The van der Waals surface area contributed by atoms with E-state index in [-0.39, 0.29) is 42.2 Å². The van der Waals surface area contributed by atoms with E-state index in [9.17, 15) is 27.9 Å². The third kappa shape index (κ3) is 4.73. The number of hydrogen-bond acceptors (Lipinski definition) is 4. The molecule has 5 rings (SSSR count). The molecule has 0 saturated carbocycles. The lowest BCUT2D eigenvalue weighted by Gasteiger charge is -2.19. The average Bonchev–Trinajstić information content (AvgIpc) is 3.56. The number of fused-ring (bicyclic) bond motifs is 1. The molecule has 10 heteroatoms. The minimum absolute atomic E-state index is 0.0557. The number of nitrogens with zero attached hydrogens (tertiary/aromatic N) is 3. The van der Waals surface area contributed by atoms with Crippen LogP contribution in [-0.4, -0.2) is 51.2 Å². The first-order valence-electron chi connectivity index (χ1n) is 12.2. The van der Waals surface area contributed by atoms with Crippen molar-refractivity contribution in [2.75, 3.05) is 18.0 Å². The number of alkyl halides is 3. The topological polar surface area (TPSA) is 89.5 Å². The Kier molecular flexibility index (Phi) is 6.31. The van der Waals surface area contributed by atoms with Gasteiger partial charge in [-0.1, -0.05) is 19.1 Å². The fraction of sp³-hybridized carbons (Fsp3) is 0.370. The molecule has 2 N–H and O–H groups in total. The van der Waals surface area contributed by atoms with Crippen molar-refractivity contribution in [3.8, 4) is 0 Å². The Balaban J connectivity index is 1.46. The van der Waals surface area contributed by atoms with E-state index in [0.717, 1.165) is 22.9 Å². The standard InChI is InChI=1S/C27H27F3N4O3/c1-15(8-24-16(2)12-31-32-24)17-4-3-5-19(9-17)34-14-22-21(26(34)37)10-18(11-23(22)27(28,29)30)25(36)33-7-6-20(35)13-33/h3-5,9-12,15,20,35H,6-8,13-14H2,1-2H3,(H,31,32). The van der Waals surface area contributed by atoms with Crippen LogP contribution in [0, 0.1) is 6.92 Å². The number of aromatic nitrogens is 2. The molecule has 0 bridgehead atoms. The predicted octanol–water partition coefficient (Wildman–Crippen LogP) is 4.45. The number of nitrogens with one attached hydrogen (secondary N) is 1. The Bertz CT molecular complexity index is 1370. The van der Waals surface area contributed by atoms with E-state index < -0.39 is 29.7 Å². The lowest BCUT2D eigenvalue weighted by Crippen LogP contribution is -2.30. The maximum atomic E-state index is 14.1. The molecular weight excluding hydrogens is 485 g/mol. The van der Waals surface area contributed by atoms with E-state index in [1.54, 1.807) is 12.1 Å². The van der Waals surface area contributed by atoms with Crippen LogP contribution in [0.3, 0.4) is 0 Å². The zero-order valence-corrected chi connectivity index (χ0v) is 20.5. The lowest BCUT2D eigenvalue weighted by molar-refractivity contribution is -0.138. The summed E-state index contributed by atoms with van der Waals surface area (Å²) in [6, 6.07) is 9.31. The minimum Gasteiger partial charge on any atom is -0.391 e. The van der Waals surface area contributed by atoms with Crippen molar-refractivity contribution in [3.63, 3.8) is 0 Å². The number of β-amino-alcohol motifs (C(OH)–C–C–N with tert-alkyl or cyclic N) is 1. The van der Waals surface area contributed by atoms with E-state index >= 15 is 0 Å². The zero-order chi connectivity index (χ0) is 26.5. The van der Waals surface area contributed by atoms with Gasteiger partial charge in [-0.15, -0.1) is 0 Å². The van der Waals surface area contributed by atoms with Crippen LogP contribution < -0.4 is 4.90 Å². The summed E-state index contributed by atoms with van der Waals surface area (Å²) in [6.45, 7) is 4.06. The van der Waals surface area contributed by atoms with Crippen molar-refractivity contribution in [2.45, 2.75) is 51.4 Å². The molecule has 3 heterocycles. The highest BCUT2D eigenvalue weighted by Gasteiger charge is 2.41. The van der Waals surface area contributed by atoms with E-state index in [0.29, 0.717) is 18.5 Å². The number of aliphatic hydroxyl groups excluding tert-OH is 1. The van der Waals surface area contributed by atoms with E-state index in [1.165, 1.54) is 15.9 Å². The molecule has 2 unspecified atom stereocenters. The molecule has 1 aromatic heterocycles. The second kappa shape index (κ2) is 9.33. The van der Waals surface area contributed by atoms with E-state index in [2.05, 4.69) is 10.2 Å². The summed E-state index contributed by atoms with van der Waals surface area (Å²) in [4.78, 5) is 28.9. The Morgan fingerprint density at radius 3 is 2.70 bits per heavy atom. The van der Waals surface area contributed by atoms with Crippen molar-refractivity contribution in [1.29, 1.82) is 0 Å². The van der Waals surface area contributed by atoms with Crippen LogP contribution in [0.15, 0.2) is 42.6 Å². The molecule has 1 saturated heterocycles. The Morgan fingerprint density at radius 2 is 2.05 bits per heavy atom. The van der Waals surface area contributed by atoms with Gasteiger partial charge in [0.1, 0.15) is 0 Å². The molecule has 37 heavy (non-hydrogen) atoms. The van der Waals surface area contributed by atoms with Gasteiger partial charge in [-0.2, -0.15) is 18.3 Å². The van der Waals surface area contributed by atoms with Gasteiger partial charge < -0.3 is 14.9 Å². The van der Waals surface area contributed by atoms with Gasteiger partial charge in [0.2, 0.25) is 0 Å². The van der Waals surface area contributed by atoms with Crippen LogP contribution in [0.4, 0.5) is 18.9 Å². The summed E-state index contributed by atoms with van der Waals surface area (Å²) in [5.41, 5.74) is 1.96. The van der Waals surface area contributed by atoms with Crippen molar-refractivity contribution in [2.24, 2.45) is 0 Å². The molecule has 2 aliphatic heterocycles. The van der Waals surface area contributed by atoms with E-state index in [4.69, 9.17) is 0 Å². The number of carbonyl (C=O) groups excluding carboxylic acids is 2. The maximum absolute atomic E-state index is 14.1. The SMILES string of the molecule is Cc1c[nH]nc1CC(C)c1cccc(N2Cc3c(cc(C(=O)N4CCC(O)C4)cc3C(F)(F)F)C2=O)c1. The van der Waals surface area contributed by atoms with Crippen molar-refractivity contribution >= 4 is 17.5 Å². The van der Waals surface area contributed by atoms with Crippen LogP contribution >= 0.6 is 0 Å². The summed E-state index contributed by atoms with van der Waals surface area (Å²) < 4.78 is 42.2. The molecule has 2 aliphatic rings. The molecule has 1 fully saturated rings. The lowest BCUT2D eigenvalue weighted by atomic mass is 9.94. The minimum atomic E-state index is -4.74. The Hall–Kier alpha value is -3.66. The number of likely N-dealkylation sites (tertiary alicyclic amines) is 1. The van der Waals surface area contributed by atoms with Gasteiger partial charge in [-0.3, -0.25) is 14.7 Å². The predicted molar refractivity (Wildman–Crippen MR) is 130 cm³/mol. The molecule has 3 aromatic rings. The van der Waals surface area contributed by atoms with Gasteiger partial charge in [0.05, 0.1) is 23.9 Å². The zero-order valence-electron chi connectivity index (χ0n) is 20.5. The van der Waals surface area contributed by atoms with Gasteiger partial charge in [0.15, 0.2) is 0 Å². The number of rotatable bonds is 5. The van der Waals surface area contributed by atoms with Gasteiger partial charge in [-0.25, -0.2) is 0 Å². The van der Waals surface area contributed by atoms with Crippen molar-refractivity contribution in [1.82, 2.24) is 15.1 Å². The number of hydrogen-bond donors (Lipinski definition) is 2. The summed E-state index contributed by atoms with van der Waals surface area (Å²) in [7, 11) is 0. The third-order valence-corrected chi connectivity index (χ3v) is 7.23. The number of amides is 2. The summed E-state index contributed by atoms with van der Waals surface area (Å²) in [5, 5.41) is 16.9. The number of carbonyl (C=O) groups is 2. The number of H-pyrrole nitrogens is 1. The number of aromatic amines is 1. The molecule has 194 valence electrons. The normalized spacial score (nSPS) is 18.4. The molecule has 2 amide bonds. The van der Waals surface area contributed by atoms with Gasteiger partial charge in [0, 0.05) is 36.1 Å². The second-order valence-electron chi connectivity index (χ2n) is 9.85. The summed E-state index contributed by atoms with van der Waals surface area (Å²) in [6.07, 6.45) is -2.59. The van der Waals surface area contributed by atoms with Crippen LogP contribution in [0.5, 0.6) is 0 Å². The Morgan fingerprint density at radius 1 is 1.27 bits per heavy atom. The molecule has 2 aromatic carbocycles. The third-order valence-electron chi connectivity index (χ3n) is 7.23. The summed E-state index contributed by atoms with van der Waals surface area (Å²) in [5.74, 6) is -1.14. The molecule has 0 radical (unpaired) electrons. The van der Waals surface area contributed by atoms with Crippen LogP contribution in [0.1, 0.15) is 67.9 Å². The second-order valence-corrected chi connectivity index (χ2v) is 9.85. The Labute approximate surface area is 211 Å². The number of halogens is 3. The quantitative estimate of drug-likeness (QED) is 0.529.